The molecular weight excluding hydrogens is 349 g/mol. The van der Waals surface area contributed by atoms with Crippen molar-refractivity contribution < 1.29 is 9.50 Å². The van der Waals surface area contributed by atoms with Crippen LogP contribution in [0.1, 0.15) is 37.4 Å². The van der Waals surface area contributed by atoms with Gasteiger partial charge in [0.25, 0.3) is 0 Å². The van der Waals surface area contributed by atoms with Crippen LogP contribution in [0.15, 0.2) is 18.2 Å². The molecule has 3 rings (SSSR count). The number of anilines is 2. The largest absolute Gasteiger partial charge is 0.508 e. The van der Waals surface area contributed by atoms with Gasteiger partial charge >= 0.3 is 0 Å². The van der Waals surface area contributed by atoms with E-state index in [-0.39, 0.29) is 18.2 Å². The molecule has 0 aliphatic heterocycles. The molecule has 8 nitrogen and oxygen atoms in total. The fourth-order valence-electron chi connectivity index (χ4n) is 2.70. The lowest BCUT2D eigenvalue weighted by Crippen LogP contribution is -2.12. The summed E-state index contributed by atoms with van der Waals surface area (Å²) < 4.78 is 13.5. The Morgan fingerprint density at radius 1 is 1.22 bits per heavy atom. The van der Waals surface area contributed by atoms with E-state index in [1.807, 2.05) is 0 Å². The first-order valence-electron chi connectivity index (χ1n) is 8.90. The molecule has 2 heterocycles. The molecule has 0 saturated heterocycles. The van der Waals surface area contributed by atoms with Crippen LogP contribution in [0.5, 0.6) is 5.75 Å². The van der Waals surface area contributed by atoms with Crippen molar-refractivity contribution in [2.45, 2.75) is 32.7 Å². The third kappa shape index (κ3) is 4.25. The van der Waals surface area contributed by atoms with Crippen molar-refractivity contribution in [3.05, 3.63) is 35.3 Å². The van der Waals surface area contributed by atoms with Crippen molar-refractivity contribution in [2.24, 2.45) is 5.73 Å². The SMILES string of the molecule is CC(C)c1[nH]nc2c(NCc3cc(F)ccc3O)nc(NCCCN)nc12. The number of aromatic nitrogens is 4. The molecule has 6 N–H and O–H groups in total. The van der Waals surface area contributed by atoms with Crippen molar-refractivity contribution in [3.8, 4) is 5.75 Å². The standard InChI is InChI=1S/C18H24FN7O/c1-10(2)14-15-16(26-25-14)17(24-18(23-15)21-7-3-6-20)22-9-11-8-12(19)4-5-13(11)27/h4-5,8,10,27H,3,6-7,9,20H2,1-2H3,(H,25,26)(H2,21,22,23,24). The molecule has 0 unspecified atom stereocenters. The molecule has 1 aromatic carbocycles. The van der Waals surface area contributed by atoms with E-state index in [4.69, 9.17) is 5.73 Å². The molecule has 0 atom stereocenters. The third-order valence-corrected chi connectivity index (χ3v) is 4.16. The second-order valence-corrected chi connectivity index (χ2v) is 6.58. The van der Waals surface area contributed by atoms with E-state index in [0.717, 1.165) is 17.6 Å². The van der Waals surface area contributed by atoms with Gasteiger partial charge in [0.1, 0.15) is 17.1 Å². The predicted octanol–water partition coefficient (Wildman–Crippen LogP) is 2.69. The van der Waals surface area contributed by atoms with Gasteiger partial charge in [-0.25, -0.2) is 9.37 Å². The van der Waals surface area contributed by atoms with E-state index in [0.29, 0.717) is 35.9 Å². The van der Waals surface area contributed by atoms with Gasteiger partial charge in [0.15, 0.2) is 11.3 Å². The second kappa shape index (κ2) is 8.17. The normalized spacial score (nSPS) is 11.3. The number of benzene rings is 1. The Hall–Kier alpha value is -2.94. The van der Waals surface area contributed by atoms with Gasteiger partial charge in [-0.1, -0.05) is 13.8 Å². The first-order chi connectivity index (χ1) is 13.0. The molecule has 0 bridgehead atoms. The Balaban J connectivity index is 1.93. The number of nitrogens with two attached hydrogens (primary N) is 1. The molecule has 0 aliphatic rings. The number of hydrogen-bond donors (Lipinski definition) is 5. The van der Waals surface area contributed by atoms with Crippen LogP contribution >= 0.6 is 0 Å². The van der Waals surface area contributed by atoms with Gasteiger partial charge < -0.3 is 21.5 Å². The predicted molar refractivity (Wildman–Crippen MR) is 103 cm³/mol. The third-order valence-electron chi connectivity index (χ3n) is 4.16. The number of nitrogens with one attached hydrogen (secondary N) is 3. The molecule has 0 fully saturated rings. The molecule has 9 heteroatoms. The molecule has 0 radical (unpaired) electrons. The van der Waals surface area contributed by atoms with Crippen molar-refractivity contribution in [3.63, 3.8) is 0 Å². The number of H-pyrrole nitrogens is 1. The Morgan fingerprint density at radius 3 is 2.78 bits per heavy atom. The summed E-state index contributed by atoms with van der Waals surface area (Å²) in [6.07, 6.45) is 0.795. The van der Waals surface area contributed by atoms with E-state index in [1.54, 1.807) is 0 Å². The molecule has 0 amide bonds. The summed E-state index contributed by atoms with van der Waals surface area (Å²) in [6.45, 7) is 5.52. The summed E-state index contributed by atoms with van der Waals surface area (Å²) in [6, 6.07) is 3.82. The van der Waals surface area contributed by atoms with E-state index in [9.17, 15) is 9.50 Å². The fourth-order valence-corrected chi connectivity index (χ4v) is 2.70. The molecule has 2 aromatic heterocycles. The van der Waals surface area contributed by atoms with Crippen LogP contribution in [0.3, 0.4) is 0 Å². The fraction of sp³-hybridized carbons (Fsp3) is 0.389. The molecule has 3 aromatic rings. The minimum absolute atomic E-state index is 0.0143. The maximum Gasteiger partial charge on any atom is 0.225 e. The second-order valence-electron chi connectivity index (χ2n) is 6.58. The summed E-state index contributed by atoms with van der Waals surface area (Å²) in [4.78, 5) is 9.05. The summed E-state index contributed by atoms with van der Waals surface area (Å²) in [5.41, 5.74) is 8.19. The minimum atomic E-state index is -0.413. The zero-order valence-electron chi connectivity index (χ0n) is 15.4. The lowest BCUT2D eigenvalue weighted by molar-refractivity contribution is 0.466. The van der Waals surface area contributed by atoms with Crippen molar-refractivity contribution in [2.75, 3.05) is 23.7 Å². The smallest absolute Gasteiger partial charge is 0.225 e. The van der Waals surface area contributed by atoms with Gasteiger partial charge in [-0.15, -0.1) is 0 Å². The number of fused-ring (bicyclic) bond motifs is 1. The number of rotatable bonds is 8. The summed E-state index contributed by atoms with van der Waals surface area (Å²) >= 11 is 0. The first-order valence-corrected chi connectivity index (χ1v) is 8.90. The first kappa shape index (κ1) is 18.8. The number of phenolic OH excluding ortho intramolecular Hbond substituents is 1. The average Bonchev–Trinajstić information content (AvgIpc) is 3.07. The number of halogens is 1. The highest BCUT2D eigenvalue weighted by atomic mass is 19.1. The van der Waals surface area contributed by atoms with Crippen molar-refractivity contribution in [1.82, 2.24) is 20.2 Å². The van der Waals surface area contributed by atoms with Crippen LogP contribution in [0, 0.1) is 5.82 Å². The molecule has 27 heavy (non-hydrogen) atoms. The van der Waals surface area contributed by atoms with Crippen LogP contribution in [-0.2, 0) is 6.54 Å². The Bertz CT molecular complexity index is 925. The molecule has 0 spiro atoms. The Labute approximate surface area is 156 Å². The maximum atomic E-state index is 13.5. The number of phenols is 1. The van der Waals surface area contributed by atoms with Crippen LogP contribution in [0.2, 0.25) is 0 Å². The van der Waals surface area contributed by atoms with Crippen LogP contribution in [0.4, 0.5) is 16.2 Å². The summed E-state index contributed by atoms with van der Waals surface area (Å²) in [5, 5.41) is 23.6. The maximum absolute atomic E-state index is 13.5. The van der Waals surface area contributed by atoms with Gasteiger partial charge in [-0.3, -0.25) is 5.10 Å². The number of hydrogen-bond acceptors (Lipinski definition) is 7. The van der Waals surface area contributed by atoms with Gasteiger partial charge in [0.05, 0.1) is 5.69 Å². The van der Waals surface area contributed by atoms with E-state index in [2.05, 4.69) is 44.6 Å². The van der Waals surface area contributed by atoms with Crippen LogP contribution in [0.25, 0.3) is 11.0 Å². The summed E-state index contributed by atoms with van der Waals surface area (Å²) in [7, 11) is 0. The lowest BCUT2D eigenvalue weighted by Gasteiger charge is -2.11. The van der Waals surface area contributed by atoms with Crippen LogP contribution < -0.4 is 16.4 Å². The summed E-state index contributed by atoms with van der Waals surface area (Å²) in [5.74, 6) is 0.776. The van der Waals surface area contributed by atoms with Crippen LogP contribution in [-0.4, -0.2) is 38.4 Å². The minimum Gasteiger partial charge on any atom is -0.508 e. The molecule has 0 aliphatic carbocycles. The van der Waals surface area contributed by atoms with E-state index in [1.165, 1.54) is 18.2 Å². The van der Waals surface area contributed by atoms with E-state index >= 15 is 0 Å². The van der Waals surface area contributed by atoms with Gasteiger partial charge in [0.2, 0.25) is 5.95 Å². The zero-order chi connectivity index (χ0) is 19.4. The van der Waals surface area contributed by atoms with E-state index < -0.39 is 5.82 Å². The Morgan fingerprint density at radius 2 is 2.04 bits per heavy atom. The topological polar surface area (TPSA) is 125 Å². The van der Waals surface area contributed by atoms with Gasteiger partial charge in [-0.2, -0.15) is 10.1 Å². The molecule has 144 valence electrons. The number of aromatic hydroxyl groups is 1. The average molecular weight is 373 g/mol. The monoisotopic (exact) mass is 373 g/mol. The van der Waals surface area contributed by atoms with Gasteiger partial charge in [0, 0.05) is 18.7 Å². The number of aromatic amines is 1. The zero-order valence-corrected chi connectivity index (χ0v) is 15.4. The molecular formula is C18H24FN7O. The van der Waals surface area contributed by atoms with Gasteiger partial charge in [-0.05, 0) is 37.1 Å². The van der Waals surface area contributed by atoms with Crippen molar-refractivity contribution >= 4 is 22.8 Å². The quantitative estimate of drug-likeness (QED) is 0.384. The highest BCUT2D eigenvalue weighted by molar-refractivity contribution is 5.88. The Kier molecular flexibility index (Phi) is 5.70. The van der Waals surface area contributed by atoms with Crippen molar-refractivity contribution in [1.29, 1.82) is 0 Å². The number of nitrogens with zero attached hydrogens (tertiary/aromatic N) is 3. The molecule has 0 saturated carbocycles. The highest BCUT2D eigenvalue weighted by Crippen LogP contribution is 2.27. The lowest BCUT2D eigenvalue weighted by atomic mass is 10.1. The highest BCUT2D eigenvalue weighted by Gasteiger charge is 2.17.